The van der Waals surface area contributed by atoms with E-state index in [1.807, 2.05) is 11.0 Å². The molecule has 3 nitrogen and oxygen atoms in total. The number of aromatic nitrogens is 1. The van der Waals surface area contributed by atoms with Crippen LogP contribution in [0.2, 0.25) is 0 Å². The SMILES string of the molecule is C=CCN(C(=O)c1cncc(Br)c1)C1CCCC1. The zero-order valence-electron chi connectivity index (χ0n) is 10.3. The molecule has 1 heterocycles. The van der Waals surface area contributed by atoms with Crippen molar-refractivity contribution in [1.29, 1.82) is 0 Å². The molecule has 1 fully saturated rings. The van der Waals surface area contributed by atoms with E-state index in [4.69, 9.17) is 0 Å². The molecule has 18 heavy (non-hydrogen) atoms. The fourth-order valence-corrected chi connectivity index (χ4v) is 2.81. The third-order valence-corrected chi connectivity index (χ3v) is 3.74. The summed E-state index contributed by atoms with van der Waals surface area (Å²) in [6.07, 6.45) is 9.72. The molecule has 0 aromatic carbocycles. The van der Waals surface area contributed by atoms with Gasteiger partial charge in [0, 0.05) is 29.5 Å². The fourth-order valence-electron chi connectivity index (χ4n) is 2.45. The summed E-state index contributed by atoms with van der Waals surface area (Å²) in [7, 11) is 0. The minimum Gasteiger partial charge on any atom is -0.332 e. The number of amides is 1. The van der Waals surface area contributed by atoms with E-state index in [0.29, 0.717) is 18.2 Å². The van der Waals surface area contributed by atoms with Crippen LogP contribution in [0.1, 0.15) is 36.0 Å². The van der Waals surface area contributed by atoms with Gasteiger partial charge >= 0.3 is 0 Å². The van der Waals surface area contributed by atoms with Gasteiger partial charge in [-0.25, -0.2) is 0 Å². The van der Waals surface area contributed by atoms with Crippen LogP contribution in [0, 0.1) is 0 Å². The molecule has 4 heteroatoms. The van der Waals surface area contributed by atoms with E-state index < -0.39 is 0 Å². The molecule has 1 amide bonds. The van der Waals surface area contributed by atoms with Crippen molar-refractivity contribution in [3.63, 3.8) is 0 Å². The average molecular weight is 309 g/mol. The van der Waals surface area contributed by atoms with Crippen molar-refractivity contribution in [2.45, 2.75) is 31.7 Å². The lowest BCUT2D eigenvalue weighted by Gasteiger charge is -2.27. The Morgan fingerprint density at radius 3 is 2.83 bits per heavy atom. The second-order valence-corrected chi connectivity index (χ2v) is 5.49. The van der Waals surface area contributed by atoms with E-state index in [2.05, 4.69) is 27.5 Å². The molecule has 0 bridgehead atoms. The van der Waals surface area contributed by atoms with Crippen LogP contribution in [-0.2, 0) is 0 Å². The van der Waals surface area contributed by atoms with Gasteiger partial charge in [0.05, 0.1) is 5.56 Å². The number of halogens is 1. The number of hydrogen-bond acceptors (Lipinski definition) is 2. The van der Waals surface area contributed by atoms with E-state index in [1.54, 1.807) is 18.5 Å². The van der Waals surface area contributed by atoms with Gasteiger partial charge < -0.3 is 4.90 Å². The fraction of sp³-hybridized carbons (Fsp3) is 0.429. The maximum Gasteiger partial charge on any atom is 0.255 e. The Morgan fingerprint density at radius 1 is 1.50 bits per heavy atom. The summed E-state index contributed by atoms with van der Waals surface area (Å²) >= 11 is 3.35. The normalized spacial score (nSPS) is 15.6. The van der Waals surface area contributed by atoms with Gasteiger partial charge in [0.2, 0.25) is 0 Å². The quantitative estimate of drug-likeness (QED) is 0.799. The van der Waals surface area contributed by atoms with E-state index in [0.717, 1.165) is 17.3 Å². The first-order chi connectivity index (χ1) is 8.72. The van der Waals surface area contributed by atoms with Crippen LogP contribution >= 0.6 is 15.9 Å². The maximum absolute atomic E-state index is 12.5. The van der Waals surface area contributed by atoms with Gasteiger partial charge in [0.25, 0.3) is 5.91 Å². The van der Waals surface area contributed by atoms with Crippen molar-refractivity contribution in [3.8, 4) is 0 Å². The molecule has 0 atom stereocenters. The third-order valence-electron chi connectivity index (χ3n) is 3.30. The van der Waals surface area contributed by atoms with E-state index in [-0.39, 0.29) is 5.91 Å². The second kappa shape index (κ2) is 6.14. The first-order valence-corrected chi connectivity index (χ1v) is 7.04. The molecular weight excluding hydrogens is 292 g/mol. The van der Waals surface area contributed by atoms with Gasteiger partial charge in [-0.3, -0.25) is 9.78 Å². The first-order valence-electron chi connectivity index (χ1n) is 6.25. The lowest BCUT2D eigenvalue weighted by atomic mass is 10.1. The molecule has 1 saturated carbocycles. The Kier molecular flexibility index (Phi) is 4.53. The molecule has 0 aliphatic heterocycles. The maximum atomic E-state index is 12.5. The van der Waals surface area contributed by atoms with Crippen molar-refractivity contribution in [2.24, 2.45) is 0 Å². The standard InChI is InChI=1S/C14H17BrN2O/c1-2-7-17(13-5-3-4-6-13)14(18)11-8-12(15)10-16-9-11/h2,8-10,13H,1,3-7H2. The Labute approximate surface area is 116 Å². The predicted molar refractivity (Wildman–Crippen MR) is 75.4 cm³/mol. The minimum atomic E-state index is 0.0515. The molecule has 1 aliphatic rings. The summed E-state index contributed by atoms with van der Waals surface area (Å²) in [5.74, 6) is 0.0515. The molecule has 0 N–H and O–H groups in total. The highest BCUT2D eigenvalue weighted by Crippen LogP contribution is 2.25. The molecule has 0 radical (unpaired) electrons. The van der Waals surface area contributed by atoms with E-state index in [9.17, 15) is 4.79 Å². The van der Waals surface area contributed by atoms with Crippen molar-refractivity contribution in [1.82, 2.24) is 9.88 Å². The monoisotopic (exact) mass is 308 g/mol. The average Bonchev–Trinajstić information content (AvgIpc) is 2.89. The smallest absolute Gasteiger partial charge is 0.255 e. The van der Waals surface area contributed by atoms with Gasteiger partial charge in [-0.15, -0.1) is 6.58 Å². The first kappa shape index (κ1) is 13.3. The van der Waals surface area contributed by atoms with Gasteiger partial charge in [-0.05, 0) is 34.8 Å². The highest BCUT2D eigenvalue weighted by atomic mass is 79.9. The van der Waals surface area contributed by atoms with Crippen LogP contribution in [0.25, 0.3) is 0 Å². The highest BCUT2D eigenvalue weighted by Gasteiger charge is 2.26. The Hall–Kier alpha value is -1.16. The lowest BCUT2D eigenvalue weighted by Crippen LogP contribution is -2.39. The summed E-state index contributed by atoms with van der Waals surface area (Å²) < 4.78 is 0.832. The van der Waals surface area contributed by atoms with Crippen LogP contribution in [0.3, 0.4) is 0 Å². The number of carbonyl (C=O) groups excluding carboxylic acids is 1. The van der Waals surface area contributed by atoms with Crippen LogP contribution in [0.15, 0.2) is 35.6 Å². The van der Waals surface area contributed by atoms with Crippen molar-refractivity contribution in [2.75, 3.05) is 6.54 Å². The molecule has 0 spiro atoms. The zero-order valence-corrected chi connectivity index (χ0v) is 11.9. The van der Waals surface area contributed by atoms with Crippen LogP contribution < -0.4 is 0 Å². The molecular formula is C14H17BrN2O. The Bertz CT molecular complexity index is 441. The largest absolute Gasteiger partial charge is 0.332 e. The van der Waals surface area contributed by atoms with Gasteiger partial charge in [-0.1, -0.05) is 18.9 Å². The molecule has 96 valence electrons. The molecule has 2 rings (SSSR count). The van der Waals surface area contributed by atoms with Crippen LogP contribution in [0.4, 0.5) is 0 Å². The summed E-state index contributed by atoms with van der Waals surface area (Å²) in [5, 5.41) is 0. The van der Waals surface area contributed by atoms with Crippen LogP contribution in [-0.4, -0.2) is 28.4 Å². The molecule has 0 saturated heterocycles. The lowest BCUT2D eigenvalue weighted by molar-refractivity contribution is 0.0706. The topological polar surface area (TPSA) is 33.2 Å². The highest BCUT2D eigenvalue weighted by molar-refractivity contribution is 9.10. The summed E-state index contributed by atoms with van der Waals surface area (Å²) in [4.78, 5) is 18.5. The predicted octanol–water partition coefficient (Wildman–Crippen LogP) is 3.41. The molecule has 1 aromatic rings. The molecule has 1 aromatic heterocycles. The van der Waals surface area contributed by atoms with E-state index >= 15 is 0 Å². The second-order valence-electron chi connectivity index (χ2n) is 4.58. The van der Waals surface area contributed by atoms with Crippen molar-refractivity contribution in [3.05, 3.63) is 41.2 Å². The number of hydrogen-bond donors (Lipinski definition) is 0. The summed E-state index contributed by atoms with van der Waals surface area (Å²) in [6, 6.07) is 2.18. The van der Waals surface area contributed by atoms with Gasteiger partial charge in [0.1, 0.15) is 0 Å². The zero-order chi connectivity index (χ0) is 13.0. The van der Waals surface area contributed by atoms with Crippen molar-refractivity contribution < 1.29 is 4.79 Å². The Balaban J connectivity index is 2.19. The summed E-state index contributed by atoms with van der Waals surface area (Å²) in [5.41, 5.74) is 0.637. The van der Waals surface area contributed by atoms with Crippen LogP contribution in [0.5, 0.6) is 0 Å². The van der Waals surface area contributed by atoms with Gasteiger partial charge in [0.15, 0.2) is 0 Å². The number of pyridine rings is 1. The molecule has 1 aliphatic carbocycles. The van der Waals surface area contributed by atoms with Crippen molar-refractivity contribution >= 4 is 21.8 Å². The molecule has 0 unspecified atom stereocenters. The van der Waals surface area contributed by atoms with E-state index in [1.165, 1.54) is 12.8 Å². The number of rotatable bonds is 4. The number of nitrogens with zero attached hydrogens (tertiary/aromatic N) is 2. The third kappa shape index (κ3) is 2.99. The van der Waals surface area contributed by atoms with Gasteiger partial charge in [-0.2, -0.15) is 0 Å². The number of carbonyl (C=O) groups is 1. The minimum absolute atomic E-state index is 0.0515. The summed E-state index contributed by atoms with van der Waals surface area (Å²) in [6.45, 7) is 4.35. The Morgan fingerprint density at radius 2 is 2.22 bits per heavy atom.